The number of nitrogens with one attached hydrogen (secondary N) is 2. The third kappa shape index (κ3) is 6.97. The van der Waals surface area contributed by atoms with Gasteiger partial charge in [0.05, 0.1) is 23.9 Å². The summed E-state index contributed by atoms with van der Waals surface area (Å²) in [5, 5.41) is 6.70. The molecule has 0 spiro atoms. The van der Waals surface area contributed by atoms with E-state index in [4.69, 9.17) is 9.47 Å². The van der Waals surface area contributed by atoms with Gasteiger partial charge in [0, 0.05) is 4.88 Å². The number of thiophene rings is 1. The van der Waals surface area contributed by atoms with Gasteiger partial charge in [-0.2, -0.15) is 5.10 Å². The molecule has 1 aliphatic carbocycles. The Morgan fingerprint density at radius 3 is 2.56 bits per heavy atom. The summed E-state index contributed by atoms with van der Waals surface area (Å²) < 4.78 is 10.6. The first-order valence-electron chi connectivity index (χ1n) is 12.6. The maximum atomic E-state index is 12.6. The number of hydrogen-bond donors (Lipinski definition) is 2. The highest BCUT2D eigenvalue weighted by atomic mass is 32.1. The van der Waals surface area contributed by atoms with Gasteiger partial charge >= 0.3 is 23.8 Å². The van der Waals surface area contributed by atoms with Gasteiger partial charge in [-0.05, 0) is 86.6 Å². The Balaban J connectivity index is 1.35. The lowest BCUT2D eigenvalue weighted by Gasteiger charge is -2.18. The van der Waals surface area contributed by atoms with Gasteiger partial charge in [-0.25, -0.2) is 15.0 Å². The van der Waals surface area contributed by atoms with Crippen LogP contribution in [0, 0.1) is 12.8 Å². The number of amides is 2. The van der Waals surface area contributed by atoms with Crippen LogP contribution in [0.15, 0.2) is 53.6 Å². The average molecular weight is 548 g/mol. The Hall–Kier alpha value is -4.31. The summed E-state index contributed by atoms with van der Waals surface area (Å²) in [6, 6.07) is 13.6. The predicted octanol–water partition coefficient (Wildman–Crippen LogP) is 4.67. The van der Waals surface area contributed by atoms with Gasteiger partial charge < -0.3 is 14.8 Å². The molecule has 2 aromatic carbocycles. The molecule has 1 heterocycles. The van der Waals surface area contributed by atoms with E-state index in [1.54, 1.807) is 49.4 Å². The minimum absolute atomic E-state index is 0.207. The zero-order valence-corrected chi connectivity index (χ0v) is 22.7. The van der Waals surface area contributed by atoms with Crippen LogP contribution in [0.3, 0.4) is 0 Å². The molecule has 10 heteroatoms. The molecule has 4 rings (SSSR count). The van der Waals surface area contributed by atoms with Crippen molar-refractivity contribution in [3.05, 3.63) is 81.2 Å². The molecule has 0 saturated heterocycles. The summed E-state index contributed by atoms with van der Waals surface area (Å²) in [6.45, 7) is 5.96. The van der Waals surface area contributed by atoms with Gasteiger partial charge in [-0.1, -0.05) is 24.6 Å². The van der Waals surface area contributed by atoms with Gasteiger partial charge in [0.1, 0.15) is 10.8 Å². The number of hydrogen-bond acceptors (Lipinski definition) is 8. The Kier molecular flexibility index (Phi) is 8.88. The molecule has 202 valence electrons. The molecule has 1 atom stereocenters. The van der Waals surface area contributed by atoms with Crippen molar-refractivity contribution in [1.82, 2.24) is 5.43 Å². The lowest BCUT2D eigenvalue weighted by molar-refractivity contribution is -0.136. The minimum Gasteiger partial charge on any atom is -0.462 e. The molecule has 1 aromatic heterocycles. The van der Waals surface area contributed by atoms with E-state index < -0.39 is 23.8 Å². The summed E-state index contributed by atoms with van der Waals surface area (Å²) in [6.07, 6.45) is 3.82. The first kappa shape index (κ1) is 27.7. The van der Waals surface area contributed by atoms with E-state index in [1.165, 1.54) is 17.6 Å². The van der Waals surface area contributed by atoms with E-state index in [-0.39, 0.29) is 6.61 Å². The smallest absolute Gasteiger partial charge is 0.343 e. The largest absolute Gasteiger partial charge is 0.462 e. The fourth-order valence-corrected chi connectivity index (χ4v) is 5.59. The number of carbonyl (C=O) groups excluding carboxylic acids is 4. The zero-order valence-electron chi connectivity index (χ0n) is 21.9. The lowest BCUT2D eigenvalue weighted by Crippen LogP contribution is -2.32. The highest BCUT2D eigenvalue weighted by molar-refractivity contribution is 7.17. The van der Waals surface area contributed by atoms with E-state index in [0.29, 0.717) is 33.4 Å². The average Bonchev–Trinajstić information content (AvgIpc) is 3.26. The van der Waals surface area contributed by atoms with E-state index in [2.05, 4.69) is 22.8 Å². The van der Waals surface area contributed by atoms with Gasteiger partial charge in [0.15, 0.2) is 0 Å². The molecule has 0 bridgehead atoms. The second-order valence-electron chi connectivity index (χ2n) is 9.26. The van der Waals surface area contributed by atoms with Gasteiger partial charge in [0.25, 0.3) is 0 Å². The number of ether oxygens (including phenoxy) is 2. The Morgan fingerprint density at radius 2 is 1.85 bits per heavy atom. The van der Waals surface area contributed by atoms with Crippen LogP contribution < -0.4 is 15.5 Å². The number of hydrazone groups is 1. The first-order chi connectivity index (χ1) is 18.7. The summed E-state index contributed by atoms with van der Waals surface area (Å²) in [4.78, 5) is 50.9. The standard InChI is InChI=1S/C29H29N3O6S/c1-4-37-29(36)24-22-13-8-18(3)15-23(22)39-27(24)31-25(33)26(34)32-30-16-19-9-11-21(12-10-19)38-28(35)20-7-5-6-17(2)14-20/h5-7,9-12,14,16,18H,4,8,13,15H2,1-3H3,(H,31,33)(H,32,34)/b30-16-/t18-/m1/s1. The quantitative estimate of drug-likeness (QED) is 0.146. The van der Waals surface area contributed by atoms with Crippen LogP contribution in [0.5, 0.6) is 5.75 Å². The molecule has 2 N–H and O–H groups in total. The second-order valence-corrected chi connectivity index (χ2v) is 10.4. The maximum Gasteiger partial charge on any atom is 0.343 e. The molecule has 3 aromatic rings. The predicted molar refractivity (Wildman–Crippen MR) is 148 cm³/mol. The van der Waals surface area contributed by atoms with E-state index >= 15 is 0 Å². The monoisotopic (exact) mass is 547 g/mol. The van der Waals surface area contributed by atoms with Crippen LogP contribution in [0.4, 0.5) is 5.00 Å². The summed E-state index contributed by atoms with van der Waals surface area (Å²) >= 11 is 1.30. The molecule has 0 radical (unpaired) electrons. The first-order valence-corrected chi connectivity index (χ1v) is 13.4. The molecule has 0 unspecified atom stereocenters. The highest BCUT2D eigenvalue weighted by Crippen LogP contribution is 2.40. The number of rotatable bonds is 7. The maximum absolute atomic E-state index is 12.6. The van der Waals surface area contributed by atoms with Crippen molar-refractivity contribution in [3.8, 4) is 5.75 Å². The fourth-order valence-electron chi connectivity index (χ4n) is 4.19. The topological polar surface area (TPSA) is 123 Å². The van der Waals surface area contributed by atoms with Gasteiger partial charge in [-0.3, -0.25) is 9.59 Å². The molecule has 0 fully saturated rings. The Labute approximate surface area is 230 Å². The molecule has 0 saturated carbocycles. The molecule has 0 aliphatic heterocycles. The third-order valence-corrected chi connectivity index (χ3v) is 7.32. The van der Waals surface area contributed by atoms with E-state index in [1.807, 2.05) is 13.0 Å². The van der Waals surface area contributed by atoms with Crippen LogP contribution in [0.2, 0.25) is 0 Å². The van der Waals surface area contributed by atoms with Crippen LogP contribution in [0.25, 0.3) is 0 Å². The van der Waals surface area contributed by atoms with Crippen molar-refractivity contribution in [1.29, 1.82) is 0 Å². The second kappa shape index (κ2) is 12.5. The van der Waals surface area contributed by atoms with Crippen LogP contribution >= 0.6 is 11.3 Å². The minimum atomic E-state index is -0.982. The molecule has 2 amide bonds. The molecule has 39 heavy (non-hydrogen) atoms. The SMILES string of the molecule is CCOC(=O)c1c(NC(=O)C(=O)N/N=C\c2ccc(OC(=O)c3cccc(C)c3)cc2)sc2c1CC[C@@H](C)C2. The summed E-state index contributed by atoms with van der Waals surface area (Å²) in [5.41, 5.74) is 5.42. The highest BCUT2D eigenvalue weighted by Gasteiger charge is 2.30. The van der Waals surface area contributed by atoms with Gasteiger partial charge in [-0.15, -0.1) is 11.3 Å². The lowest BCUT2D eigenvalue weighted by atomic mass is 9.88. The van der Waals surface area contributed by atoms with Crippen molar-refractivity contribution >= 4 is 46.3 Å². The van der Waals surface area contributed by atoms with Crippen LogP contribution in [-0.4, -0.2) is 36.6 Å². The van der Waals surface area contributed by atoms with E-state index in [0.717, 1.165) is 35.3 Å². The van der Waals surface area contributed by atoms with Crippen LogP contribution in [0.1, 0.15) is 62.6 Å². The van der Waals surface area contributed by atoms with Gasteiger partial charge in [0.2, 0.25) is 0 Å². The van der Waals surface area contributed by atoms with Crippen LogP contribution in [-0.2, 0) is 27.2 Å². The molecular formula is C29H29N3O6S. The number of nitrogens with zero attached hydrogens (tertiary/aromatic N) is 1. The van der Waals surface area contributed by atoms with E-state index in [9.17, 15) is 19.2 Å². The molecule has 9 nitrogen and oxygen atoms in total. The van der Waals surface area contributed by atoms with Crippen molar-refractivity contribution < 1.29 is 28.7 Å². The number of benzene rings is 2. The number of fused-ring (bicyclic) bond motifs is 1. The summed E-state index contributed by atoms with van der Waals surface area (Å²) in [7, 11) is 0. The van der Waals surface area contributed by atoms with Crippen molar-refractivity contribution in [2.24, 2.45) is 11.0 Å². The van der Waals surface area contributed by atoms with Crippen molar-refractivity contribution in [2.45, 2.75) is 40.0 Å². The fraction of sp³-hybridized carbons (Fsp3) is 0.276. The molecule has 1 aliphatic rings. The number of esters is 2. The number of carbonyl (C=O) groups is 4. The van der Waals surface area contributed by atoms with Crippen molar-refractivity contribution in [3.63, 3.8) is 0 Å². The Morgan fingerprint density at radius 1 is 1.08 bits per heavy atom. The zero-order chi connectivity index (χ0) is 27.9. The summed E-state index contributed by atoms with van der Waals surface area (Å²) in [5.74, 6) is -2.07. The number of anilines is 1. The van der Waals surface area contributed by atoms with Crippen molar-refractivity contribution in [2.75, 3.05) is 11.9 Å². The molecular weight excluding hydrogens is 518 g/mol. The third-order valence-electron chi connectivity index (χ3n) is 6.15. The normalized spacial score (nSPS) is 14.4. The Bertz CT molecular complexity index is 1430. The number of aryl methyl sites for hydroxylation is 1.